The number of amides is 2. The number of anilines is 1. The Hall–Kier alpha value is -3.52. The summed E-state index contributed by atoms with van der Waals surface area (Å²) in [7, 11) is -3.25. The van der Waals surface area contributed by atoms with Gasteiger partial charge in [0.25, 0.3) is 0 Å². The van der Waals surface area contributed by atoms with Gasteiger partial charge in [-0.25, -0.2) is 13.4 Å². The zero-order chi connectivity index (χ0) is 25.0. The van der Waals surface area contributed by atoms with Crippen molar-refractivity contribution in [3.05, 3.63) is 95.7 Å². The highest BCUT2D eigenvalue weighted by Crippen LogP contribution is 2.36. The molecule has 2 aromatic carbocycles. The van der Waals surface area contributed by atoms with Crippen molar-refractivity contribution < 1.29 is 18.0 Å². The lowest BCUT2D eigenvalue weighted by Gasteiger charge is -2.46. The summed E-state index contributed by atoms with van der Waals surface area (Å²) >= 11 is 0. The number of β-lactam (4-membered cyclic amide) rings is 1. The molecule has 1 aromatic heterocycles. The van der Waals surface area contributed by atoms with Gasteiger partial charge in [0.05, 0.1) is 17.7 Å². The van der Waals surface area contributed by atoms with Gasteiger partial charge in [0, 0.05) is 24.8 Å². The Morgan fingerprint density at radius 1 is 1.03 bits per heavy atom. The molecule has 35 heavy (non-hydrogen) atoms. The average molecular weight is 492 g/mol. The number of carbonyl (C=O) groups is 2. The van der Waals surface area contributed by atoms with Gasteiger partial charge in [0.1, 0.15) is 15.7 Å². The number of hydrogen-bond acceptors (Lipinski definition) is 6. The van der Waals surface area contributed by atoms with E-state index in [4.69, 9.17) is 5.73 Å². The number of aromatic nitrogens is 1. The molecule has 0 unspecified atom stereocenters. The molecular formula is C27H29N3O4S. The molecule has 0 aliphatic carbocycles. The molecule has 0 bridgehead atoms. The predicted molar refractivity (Wildman–Crippen MR) is 135 cm³/mol. The summed E-state index contributed by atoms with van der Waals surface area (Å²) < 4.78 is 23.8. The van der Waals surface area contributed by atoms with Gasteiger partial charge < -0.3 is 5.73 Å². The van der Waals surface area contributed by atoms with Gasteiger partial charge in [0.2, 0.25) is 11.8 Å². The Bertz CT molecular complexity index is 1260. The number of pyridine rings is 1. The van der Waals surface area contributed by atoms with E-state index in [0.29, 0.717) is 12.2 Å². The van der Waals surface area contributed by atoms with Gasteiger partial charge in [-0.1, -0.05) is 60.7 Å². The molecule has 182 valence electrons. The first-order valence-corrected chi connectivity index (χ1v) is 13.6. The minimum Gasteiger partial charge on any atom is -0.384 e. The summed E-state index contributed by atoms with van der Waals surface area (Å²) in [5.41, 5.74) is 8.58. The number of nitrogens with zero attached hydrogens (tertiary/aromatic N) is 2. The lowest BCUT2D eigenvalue weighted by atomic mass is 9.79. The molecule has 7 nitrogen and oxygen atoms in total. The summed E-state index contributed by atoms with van der Waals surface area (Å²) in [6.45, 7) is 0. The van der Waals surface area contributed by atoms with Crippen molar-refractivity contribution >= 4 is 27.5 Å². The zero-order valence-corrected chi connectivity index (χ0v) is 20.4. The predicted octanol–water partition coefficient (Wildman–Crippen LogP) is 3.22. The van der Waals surface area contributed by atoms with Gasteiger partial charge in [-0.3, -0.25) is 14.5 Å². The molecule has 3 aromatic rings. The lowest BCUT2D eigenvalue weighted by Crippen LogP contribution is -2.64. The van der Waals surface area contributed by atoms with Crippen LogP contribution in [0.1, 0.15) is 35.4 Å². The van der Waals surface area contributed by atoms with Crippen LogP contribution in [0.5, 0.6) is 0 Å². The van der Waals surface area contributed by atoms with E-state index in [1.807, 2.05) is 60.7 Å². The molecular weight excluding hydrogens is 462 g/mol. The third kappa shape index (κ3) is 5.95. The van der Waals surface area contributed by atoms with Crippen molar-refractivity contribution in [2.75, 3.05) is 17.7 Å². The third-order valence-electron chi connectivity index (χ3n) is 6.49. The molecule has 2 atom stereocenters. The van der Waals surface area contributed by atoms with Crippen molar-refractivity contribution in [1.29, 1.82) is 0 Å². The van der Waals surface area contributed by atoms with E-state index in [1.54, 1.807) is 18.3 Å². The van der Waals surface area contributed by atoms with Crippen molar-refractivity contribution in [2.24, 2.45) is 5.92 Å². The van der Waals surface area contributed by atoms with Gasteiger partial charge in [0.15, 0.2) is 0 Å². The van der Waals surface area contributed by atoms with E-state index >= 15 is 0 Å². The number of benzene rings is 2. The fraction of sp³-hybridized carbons (Fsp3) is 0.296. The van der Waals surface area contributed by atoms with Crippen molar-refractivity contribution in [3.8, 4) is 0 Å². The molecule has 1 aliphatic rings. The third-order valence-corrected chi connectivity index (χ3v) is 7.46. The Balaban J connectivity index is 1.57. The van der Waals surface area contributed by atoms with Crippen molar-refractivity contribution in [3.63, 3.8) is 0 Å². The first-order chi connectivity index (χ1) is 16.7. The molecule has 1 aliphatic heterocycles. The molecule has 1 saturated heterocycles. The maximum Gasteiger partial charge on any atom is 0.234 e. The minimum absolute atomic E-state index is 0.0927. The largest absolute Gasteiger partial charge is 0.384 e. The van der Waals surface area contributed by atoms with Crippen LogP contribution in [-0.4, -0.2) is 48.2 Å². The minimum atomic E-state index is -3.25. The summed E-state index contributed by atoms with van der Waals surface area (Å²) in [5.74, 6) is -1.00. The van der Waals surface area contributed by atoms with E-state index in [9.17, 15) is 18.0 Å². The molecule has 2 amide bonds. The summed E-state index contributed by atoms with van der Waals surface area (Å²) in [6, 6.07) is 22.4. The number of likely N-dealkylation sites (tertiary alicyclic amines) is 1. The van der Waals surface area contributed by atoms with E-state index in [1.165, 1.54) is 11.2 Å². The standard InChI is InChI=1S/C27H29N3O4S/c1-35(33,34)15-13-24-23(16-19-12-14-29-25(28)17-19)27(32)30(24)26(31)18-22(20-8-4-2-5-9-20)21-10-6-3-7-11-21/h2-12,14,17,22-24H,13,15-16,18H2,1H3,(H2,28,29)/t23-,24-/m1/s1. The van der Waals surface area contributed by atoms with E-state index in [0.717, 1.165) is 16.7 Å². The number of carbonyl (C=O) groups excluding carboxylic acids is 2. The molecule has 1 fully saturated rings. The van der Waals surface area contributed by atoms with Crippen molar-refractivity contribution in [1.82, 2.24) is 9.88 Å². The Morgan fingerprint density at radius 3 is 2.17 bits per heavy atom. The van der Waals surface area contributed by atoms with Crippen LogP contribution in [0.3, 0.4) is 0 Å². The Morgan fingerprint density at radius 2 is 1.63 bits per heavy atom. The Labute approximate surface area is 205 Å². The van der Waals surface area contributed by atoms with Crippen LogP contribution in [-0.2, 0) is 25.8 Å². The average Bonchev–Trinajstić information content (AvgIpc) is 2.84. The number of nitrogen functional groups attached to an aromatic ring is 1. The molecule has 8 heteroatoms. The van der Waals surface area contributed by atoms with Crippen LogP contribution in [0, 0.1) is 5.92 Å². The lowest BCUT2D eigenvalue weighted by molar-refractivity contribution is -0.166. The maximum atomic E-state index is 13.5. The quantitative estimate of drug-likeness (QED) is 0.460. The highest BCUT2D eigenvalue weighted by Gasteiger charge is 2.50. The summed E-state index contributed by atoms with van der Waals surface area (Å²) in [5, 5.41) is 0. The summed E-state index contributed by atoms with van der Waals surface area (Å²) in [4.78, 5) is 32.0. The smallest absolute Gasteiger partial charge is 0.234 e. The fourth-order valence-corrected chi connectivity index (χ4v) is 5.42. The molecule has 0 radical (unpaired) electrons. The van der Waals surface area contributed by atoms with Crippen LogP contribution < -0.4 is 5.73 Å². The SMILES string of the molecule is CS(=O)(=O)CC[C@@H]1[C@@H](Cc2ccnc(N)c2)C(=O)N1C(=O)CC(c1ccccc1)c1ccccc1. The zero-order valence-electron chi connectivity index (χ0n) is 19.6. The monoisotopic (exact) mass is 491 g/mol. The molecule has 2 heterocycles. The molecule has 0 saturated carbocycles. The number of sulfone groups is 1. The van der Waals surface area contributed by atoms with Gasteiger partial charge >= 0.3 is 0 Å². The number of imide groups is 1. The number of nitrogens with two attached hydrogens (primary N) is 1. The van der Waals surface area contributed by atoms with Gasteiger partial charge in [-0.2, -0.15) is 0 Å². The first-order valence-electron chi connectivity index (χ1n) is 11.6. The molecule has 2 N–H and O–H groups in total. The summed E-state index contributed by atoms with van der Waals surface area (Å²) in [6.07, 6.45) is 3.45. The van der Waals surface area contributed by atoms with Crippen LogP contribution in [0.25, 0.3) is 0 Å². The van der Waals surface area contributed by atoms with E-state index in [2.05, 4.69) is 4.98 Å². The topological polar surface area (TPSA) is 110 Å². The molecule has 4 rings (SSSR count). The highest BCUT2D eigenvalue weighted by molar-refractivity contribution is 7.90. The second-order valence-corrected chi connectivity index (χ2v) is 11.3. The normalized spacial score (nSPS) is 17.9. The first kappa shape index (κ1) is 24.6. The number of rotatable bonds is 9. The maximum absolute atomic E-state index is 13.5. The van der Waals surface area contributed by atoms with Crippen LogP contribution in [0.15, 0.2) is 79.0 Å². The second-order valence-electron chi connectivity index (χ2n) is 9.07. The van der Waals surface area contributed by atoms with Gasteiger partial charge in [-0.15, -0.1) is 0 Å². The van der Waals surface area contributed by atoms with Crippen LogP contribution >= 0.6 is 0 Å². The molecule has 0 spiro atoms. The van der Waals surface area contributed by atoms with Crippen molar-refractivity contribution in [2.45, 2.75) is 31.2 Å². The Kier molecular flexibility index (Phi) is 7.31. The van der Waals surface area contributed by atoms with Gasteiger partial charge in [-0.05, 0) is 41.7 Å². The van der Waals surface area contributed by atoms with E-state index < -0.39 is 21.8 Å². The van der Waals surface area contributed by atoms with Crippen LogP contribution in [0.2, 0.25) is 0 Å². The van der Waals surface area contributed by atoms with E-state index in [-0.39, 0.29) is 36.3 Å². The second kappa shape index (κ2) is 10.4. The fourth-order valence-electron chi connectivity index (χ4n) is 4.75. The van der Waals surface area contributed by atoms with Crippen LogP contribution in [0.4, 0.5) is 5.82 Å². The number of hydrogen-bond donors (Lipinski definition) is 1. The highest BCUT2D eigenvalue weighted by atomic mass is 32.2.